The molecule has 26 heavy (non-hydrogen) atoms. The number of aromatic nitrogens is 1. The van der Waals surface area contributed by atoms with Crippen LogP contribution in [0.5, 0.6) is 5.75 Å². The number of hydrogen-bond acceptors (Lipinski definition) is 4. The van der Waals surface area contributed by atoms with Gasteiger partial charge in [-0.2, -0.15) is 0 Å². The van der Waals surface area contributed by atoms with Gasteiger partial charge in [-0.15, -0.1) is 0 Å². The number of para-hydroxylation sites is 2. The molecule has 0 saturated heterocycles. The molecule has 0 bridgehead atoms. The van der Waals surface area contributed by atoms with E-state index in [-0.39, 0.29) is 5.91 Å². The zero-order valence-corrected chi connectivity index (χ0v) is 15.2. The fraction of sp³-hybridized carbons (Fsp3) is 0.100. The van der Waals surface area contributed by atoms with E-state index >= 15 is 0 Å². The maximum atomic E-state index is 12.4. The second-order valence-corrected chi connectivity index (χ2v) is 6.08. The quantitative estimate of drug-likeness (QED) is 0.662. The molecule has 0 spiro atoms. The molecule has 6 heteroatoms. The first kappa shape index (κ1) is 17.8. The fourth-order valence-electron chi connectivity index (χ4n) is 2.37. The van der Waals surface area contributed by atoms with Crippen molar-refractivity contribution < 1.29 is 9.53 Å². The van der Waals surface area contributed by atoms with Crippen molar-refractivity contribution in [2.24, 2.45) is 0 Å². The second kappa shape index (κ2) is 7.89. The monoisotopic (exact) mass is 367 g/mol. The number of anilines is 3. The van der Waals surface area contributed by atoms with Crippen molar-refractivity contribution >= 4 is 34.6 Å². The molecule has 2 aromatic carbocycles. The predicted octanol–water partition coefficient (Wildman–Crippen LogP) is 5.05. The van der Waals surface area contributed by atoms with Crippen LogP contribution in [0.2, 0.25) is 5.02 Å². The number of benzene rings is 2. The Kier molecular flexibility index (Phi) is 5.39. The van der Waals surface area contributed by atoms with E-state index in [0.717, 1.165) is 16.9 Å². The van der Waals surface area contributed by atoms with Crippen LogP contribution in [-0.4, -0.2) is 18.0 Å². The molecule has 0 radical (unpaired) electrons. The summed E-state index contributed by atoms with van der Waals surface area (Å²) >= 11 is 6.13. The van der Waals surface area contributed by atoms with Crippen molar-refractivity contribution in [3.8, 4) is 5.75 Å². The Morgan fingerprint density at radius 3 is 2.54 bits per heavy atom. The van der Waals surface area contributed by atoms with Crippen LogP contribution in [-0.2, 0) is 0 Å². The third-order valence-electron chi connectivity index (χ3n) is 3.81. The summed E-state index contributed by atoms with van der Waals surface area (Å²) in [6.45, 7) is 1.95. The van der Waals surface area contributed by atoms with Crippen LogP contribution < -0.4 is 15.4 Å². The summed E-state index contributed by atoms with van der Waals surface area (Å²) in [5.41, 5.74) is 3.53. The molecule has 0 atom stereocenters. The molecule has 0 aliphatic rings. The second-order valence-electron chi connectivity index (χ2n) is 5.68. The first-order valence-electron chi connectivity index (χ1n) is 8.00. The lowest BCUT2D eigenvalue weighted by molar-refractivity contribution is 0.102. The number of nitrogens with one attached hydrogen (secondary N) is 2. The smallest absolute Gasteiger partial charge is 0.274 e. The van der Waals surface area contributed by atoms with Crippen LogP contribution in [0.4, 0.5) is 17.1 Å². The first-order valence-corrected chi connectivity index (χ1v) is 8.38. The lowest BCUT2D eigenvalue weighted by Crippen LogP contribution is -2.14. The van der Waals surface area contributed by atoms with Gasteiger partial charge in [0.1, 0.15) is 11.4 Å². The molecule has 1 amide bonds. The average Bonchev–Trinajstić information content (AvgIpc) is 2.66. The normalized spacial score (nSPS) is 10.3. The summed E-state index contributed by atoms with van der Waals surface area (Å²) in [6.07, 6.45) is 1.60. The highest BCUT2D eigenvalue weighted by atomic mass is 35.5. The topological polar surface area (TPSA) is 63.2 Å². The van der Waals surface area contributed by atoms with Gasteiger partial charge in [-0.25, -0.2) is 4.98 Å². The Hall–Kier alpha value is -3.05. The summed E-state index contributed by atoms with van der Waals surface area (Å²) in [4.78, 5) is 16.6. The highest BCUT2D eigenvalue weighted by Gasteiger charge is 2.10. The van der Waals surface area contributed by atoms with Gasteiger partial charge in [0.15, 0.2) is 0 Å². The van der Waals surface area contributed by atoms with Crippen molar-refractivity contribution in [1.29, 1.82) is 0 Å². The van der Waals surface area contributed by atoms with E-state index in [2.05, 4.69) is 15.6 Å². The van der Waals surface area contributed by atoms with E-state index in [1.807, 2.05) is 37.3 Å². The van der Waals surface area contributed by atoms with Crippen LogP contribution in [0.25, 0.3) is 0 Å². The maximum absolute atomic E-state index is 12.4. The van der Waals surface area contributed by atoms with E-state index in [0.29, 0.717) is 22.2 Å². The van der Waals surface area contributed by atoms with Crippen LogP contribution >= 0.6 is 11.6 Å². The minimum Gasteiger partial charge on any atom is -0.495 e. The van der Waals surface area contributed by atoms with E-state index < -0.39 is 0 Å². The number of carbonyl (C=O) groups is 1. The van der Waals surface area contributed by atoms with Crippen LogP contribution in [0.15, 0.2) is 60.8 Å². The van der Waals surface area contributed by atoms with E-state index in [9.17, 15) is 4.79 Å². The van der Waals surface area contributed by atoms with Crippen molar-refractivity contribution in [2.45, 2.75) is 6.92 Å². The van der Waals surface area contributed by atoms with Gasteiger partial charge in [-0.3, -0.25) is 4.79 Å². The number of rotatable bonds is 5. The van der Waals surface area contributed by atoms with E-state index in [1.165, 1.54) is 0 Å². The Labute approximate surface area is 157 Å². The number of pyridine rings is 1. The van der Waals surface area contributed by atoms with Crippen LogP contribution in [0, 0.1) is 6.92 Å². The third-order valence-corrected chi connectivity index (χ3v) is 4.22. The molecule has 0 fully saturated rings. The van der Waals surface area contributed by atoms with Gasteiger partial charge in [0.2, 0.25) is 0 Å². The van der Waals surface area contributed by atoms with Gasteiger partial charge in [0.05, 0.1) is 24.7 Å². The maximum Gasteiger partial charge on any atom is 0.274 e. The number of nitrogens with zero attached hydrogens (tertiary/aromatic N) is 1. The standard InChI is InChI=1S/C20H18ClN3O2/c1-13-7-8-14(11-16(13)21)23-15-9-10-18(22-12-15)20(25)24-17-5-3-4-6-19(17)26-2/h3-12,23H,1-2H3,(H,24,25). The minimum atomic E-state index is -0.306. The SMILES string of the molecule is COc1ccccc1NC(=O)c1ccc(Nc2ccc(C)c(Cl)c2)cn1. The molecule has 5 nitrogen and oxygen atoms in total. The fourth-order valence-corrected chi connectivity index (χ4v) is 2.55. The molecule has 3 aromatic rings. The Balaban J connectivity index is 1.70. The number of hydrogen-bond donors (Lipinski definition) is 2. The number of methoxy groups -OCH3 is 1. The van der Waals surface area contributed by atoms with Gasteiger partial charge in [-0.1, -0.05) is 29.8 Å². The van der Waals surface area contributed by atoms with E-state index in [4.69, 9.17) is 16.3 Å². The molecule has 0 saturated carbocycles. The molecule has 132 valence electrons. The summed E-state index contributed by atoms with van der Waals surface area (Å²) in [5.74, 6) is 0.287. The first-order chi connectivity index (χ1) is 12.6. The molecular weight excluding hydrogens is 350 g/mol. The number of amides is 1. The van der Waals surface area contributed by atoms with Crippen LogP contribution in [0.3, 0.4) is 0 Å². The number of carbonyl (C=O) groups excluding carboxylic acids is 1. The molecule has 1 aromatic heterocycles. The van der Waals surface area contributed by atoms with E-state index in [1.54, 1.807) is 37.6 Å². The van der Waals surface area contributed by atoms with Gasteiger partial charge < -0.3 is 15.4 Å². The van der Waals surface area contributed by atoms with Gasteiger partial charge in [-0.05, 0) is 48.9 Å². The molecule has 0 unspecified atom stereocenters. The molecule has 1 heterocycles. The zero-order chi connectivity index (χ0) is 18.5. The molecule has 3 rings (SSSR count). The molecule has 2 N–H and O–H groups in total. The Bertz CT molecular complexity index is 927. The summed E-state index contributed by atoms with van der Waals surface area (Å²) in [5, 5.41) is 6.69. The summed E-state index contributed by atoms with van der Waals surface area (Å²) < 4.78 is 5.23. The van der Waals surface area contributed by atoms with Gasteiger partial charge in [0.25, 0.3) is 5.91 Å². The van der Waals surface area contributed by atoms with Gasteiger partial charge >= 0.3 is 0 Å². The highest BCUT2D eigenvalue weighted by Crippen LogP contribution is 2.25. The minimum absolute atomic E-state index is 0.306. The summed E-state index contributed by atoms with van der Waals surface area (Å²) in [6, 6.07) is 16.4. The largest absolute Gasteiger partial charge is 0.495 e. The Morgan fingerprint density at radius 2 is 1.85 bits per heavy atom. The molecule has 0 aliphatic carbocycles. The zero-order valence-electron chi connectivity index (χ0n) is 14.4. The number of aryl methyl sites for hydroxylation is 1. The Morgan fingerprint density at radius 1 is 1.08 bits per heavy atom. The third kappa shape index (κ3) is 4.13. The average molecular weight is 368 g/mol. The predicted molar refractivity (Wildman–Crippen MR) is 105 cm³/mol. The molecular formula is C20H18ClN3O2. The van der Waals surface area contributed by atoms with Crippen molar-refractivity contribution in [2.75, 3.05) is 17.7 Å². The number of halogens is 1. The lowest BCUT2D eigenvalue weighted by Gasteiger charge is -2.10. The van der Waals surface area contributed by atoms with Crippen molar-refractivity contribution in [3.63, 3.8) is 0 Å². The lowest BCUT2D eigenvalue weighted by atomic mass is 10.2. The van der Waals surface area contributed by atoms with Gasteiger partial charge in [0, 0.05) is 10.7 Å². The molecule has 0 aliphatic heterocycles. The van der Waals surface area contributed by atoms with Crippen LogP contribution in [0.1, 0.15) is 16.1 Å². The highest BCUT2D eigenvalue weighted by molar-refractivity contribution is 6.31. The van der Waals surface area contributed by atoms with Crippen molar-refractivity contribution in [1.82, 2.24) is 4.98 Å². The summed E-state index contributed by atoms with van der Waals surface area (Å²) in [7, 11) is 1.56. The number of ether oxygens (including phenoxy) is 1. The van der Waals surface area contributed by atoms with Crippen molar-refractivity contribution in [3.05, 3.63) is 77.1 Å².